The van der Waals surface area contributed by atoms with Crippen molar-refractivity contribution in [1.82, 2.24) is 0 Å². The fourth-order valence-corrected chi connectivity index (χ4v) is 2.07. The van der Waals surface area contributed by atoms with Crippen LogP contribution in [0.15, 0.2) is 23.1 Å². The van der Waals surface area contributed by atoms with Crippen LogP contribution in [0.5, 0.6) is 0 Å². The number of ether oxygens (including phenoxy) is 1. The number of benzene rings is 1. The van der Waals surface area contributed by atoms with Gasteiger partial charge in [0, 0.05) is 10.5 Å². The first-order valence-corrected chi connectivity index (χ1v) is 6.42. The van der Waals surface area contributed by atoms with Crippen LogP contribution in [0, 0.1) is 0 Å². The van der Waals surface area contributed by atoms with Crippen LogP contribution in [-0.4, -0.2) is 18.8 Å². The molecule has 0 aliphatic carbocycles. The summed E-state index contributed by atoms with van der Waals surface area (Å²) in [6.45, 7) is 1.38. The maximum Gasteiger partial charge on any atom is 0.381 e. The van der Waals surface area contributed by atoms with E-state index in [1.165, 1.54) is 30.8 Å². The molecule has 94 valence electrons. The number of hydrogen-bond donors (Lipinski definition) is 0. The summed E-state index contributed by atoms with van der Waals surface area (Å²) in [6, 6.07) is 3.72. The van der Waals surface area contributed by atoms with Gasteiger partial charge in [-0.05, 0) is 25.3 Å². The molecule has 0 N–H and O–H groups in total. The molecule has 6 heteroatoms. The van der Waals surface area contributed by atoms with Crippen LogP contribution in [0.4, 0.5) is 8.78 Å². The maximum atomic E-state index is 13.6. The van der Waals surface area contributed by atoms with Gasteiger partial charge in [0.05, 0.1) is 11.6 Å². The van der Waals surface area contributed by atoms with Gasteiger partial charge in [-0.1, -0.05) is 17.7 Å². The van der Waals surface area contributed by atoms with E-state index in [1.807, 2.05) is 0 Å². The lowest BCUT2D eigenvalue weighted by atomic mass is 10.1. The highest BCUT2D eigenvalue weighted by atomic mass is 35.5. The predicted molar refractivity (Wildman–Crippen MR) is 63.8 cm³/mol. The molecule has 0 unspecified atom stereocenters. The summed E-state index contributed by atoms with van der Waals surface area (Å²) in [5, 5.41) is 0.193. The SMILES string of the molecule is CCOC(=O)C(F)(F)c1ccc(SC)c(Cl)c1. The molecule has 0 spiro atoms. The quantitative estimate of drug-likeness (QED) is 0.621. The van der Waals surface area contributed by atoms with E-state index in [-0.39, 0.29) is 11.6 Å². The first-order valence-electron chi connectivity index (χ1n) is 4.82. The number of thioether (sulfide) groups is 1. The number of carbonyl (C=O) groups is 1. The average molecular weight is 281 g/mol. The van der Waals surface area contributed by atoms with E-state index in [0.717, 1.165) is 6.07 Å². The van der Waals surface area contributed by atoms with Crippen LogP contribution in [0.25, 0.3) is 0 Å². The maximum absolute atomic E-state index is 13.6. The zero-order valence-corrected chi connectivity index (χ0v) is 10.9. The Bertz CT molecular complexity index is 424. The summed E-state index contributed by atoms with van der Waals surface area (Å²) >= 11 is 7.15. The molecule has 0 aromatic heterocycles. The Balaban J connectivity index is 3.07. The van der Waals surface area contributed by atoms with Crippen molar-refractivity contribution in [1.29, 1.82) is 0 Å². The molecular formula is C11H11ClF2O2S. The minimum Gasteiger partial charge on any atom is -0.461 e. The van der Waals surface area contributed by atoms with Crippen molar-refractivity contribution in [2.24, 2.45) is 0 Å². The Morgan fingerprint density at radius 2 is 2.18 bits per heavy atom. The van der Waals surface area contributed by atoms with Gasteiger partial charge in [-0.25, -0.2) is 4.79 Å². The first kappa shape index (κ1) is 14.3. The molecule has 0 aliphatic heterocycles. The van der Waals surface area contributed by atoms with Gasteiger partial charge >= 0.3 is 11.9 Å². The van der Waals surface area contributed by atoms with Crippen LogP contribution in [0.3, 0.4) is 0 Å². The standard InChI is InChI=1S/C11H11ClF2O2S/c1-3-16-10(15)11(13,14)7-4-5-9(17-2)8(12)6-7/h4-6H,3H2,1-2H3. The molecule has 2 nitrogen and oxygen atoms in total. The van der Waals surface area contributed by atoms with E-state index in [9.17, 15) is 13.6 Å². The molecule has 17 heavy (non-hydrogen) atoms. The normalized spacial score (nSPS) is 11.4. The minimum absolute atomic E-state index is 0.0922. The summed E-state index contributed by atoms with van der Waals surface area (Å²) in [4.78, 5) is 11.8. The first-order chi connectivity index (χ1) is 7.93. The van der Waals surface area contributed by atoms with E-state index >= 15 is 0 Å². The highest BCUT2D eigenvalue weighted by Crippen LogP contribution is 2.34. The van der Waals surface area contributed by atoms with Crippen LogP contribution in [0.2, 0.25) is 5.02 Å². The largest absolute Gasteiger partial charge is 0.461 e. The van der Waals surface area contributed by atoms with Crippen molar-refractivity contribution < 1.29 is 18.3 Å². The lowest BCUT2D eigenvalue weighted by Gasteiger charge is -2.15. The second-order valence-electron chi connectivity index (χ2n) is 3.14. The molecule has 0 saturated heterocycles. The van der Waals surface area contributed by atoms with Crippen molar-refractivity contribution in [3.05, 3.63) is 28.8 Å². The Kier molecular flexibility index (Phi) is 4.77. The lowest BCUT2D eigenvalue weighted by molar-refractivity contribution is -0.173. The number of alkyl halides is 2. The summed E-state index contributed by atoms with van der Waals surface area (Å²) in [7, 11) is 0. The highest BCUT2D eigenvalue weighted by molar-refractivity contribution is 7.98. The molecule has 0 aliphatic rings. The summed E-state index contributed by atoms with van der Waals surface area (Å²) in [5.74, 6) is -5.23. The van der Waals surface area contributed by atoms with E-state index in [0.29, 0.717) is 4.90 Å². The van der Waals surface area contributed by atoms with Gasteiger partial charge in [0.25, 0.3) is 0 Å². The Hall–Kier alpha value is -0.810. The molecule has 1 aromatic rings. The molecule has 0 atom stereocenters. The molecule has 0 saturated carbocycles. The third-order valence-electron chi connectivity index (χ3n) is 2.05. The Labute approximate surface area is 107 Å². The van der Waals surface area contributed by atoms with Crippen molar-refractivity contribution in [3.63, 3.8) is 0 Å². The smallest absolute Gasteiger partial charge is 0.381 e. The summed E-state index contributed by atoms with van der Waals surface area (Å²) in [5.41, 5.74) is -0.459. The van der Waals surface area contributed by atoms with E-state index in [2.05, 4.69) is 4.74 Å². The monoisotopic (exact) mass is 280 g/mol. The number of esters is 1. The van der Waals surface area contributed by atoms with Crippen molar-refractivity contribution in [3.8, 4) is 0 Å². The number of halogens is 3. The highest BCUT2D eigenvalue weighted by Gasteiger charge is 2.42. The van der Waals surface area contributed by atoms with Gasteiger partial charge in [0.15, 0.2) is 0 Å². The molecule has 0 heterocycles. The van der Waals surface area contributed by atoms with Crippen LogP contribution >= 0.6 is 23.4 Å². The van der Waals surface area contributed by atoms with Crippen LogP contribution in [0.1, 0.15) is 12.5 Å². The second-order valence-corrected chi connectivity index (χ2v) is 4.40. The topological polar surface area (TPSA) is 26.3 Å². The molecule has 0 fully saturated rings. The third-order valence-corrected chi connectivity index (χ3v) is 3.27. The van der Waals surface area contributed by atoms with E-state index in [1.54, 1.807) is 6.26 Å². The summed E-state index contributed by atoms with van der Waals surface area (Å²) < 4.78 is 31.5. The fraction of sp³-hybridized carbons (Fsp3) is 0.364. The zero-order chi connectivity index (χ0) is 13.1. The number of hydrogen-bond acceptors (Lipinski definition) is 3. The molecule has 0 amide bonds. The average Bonchev–Trinajstić information content (AvgIpc) is 2.29. The predicted octanol–water partition coefficient (Wildman–Crippen LogP) is 3.72. The molecule has 0 radical (unpaired) electrons. The van der Waals surface area contributed by atoms with E-state index < -0.39 is 17.5 Å². The van der Waals surface area contributed by atoms with Crippen molar-refractivity contribution >= 4 is 29.3 Å². The summed E-state index contributed by atoms with van der Waals surface area (Å²) in [6.07, 6.45) is 1.78. The Morgan fingerprint density at radius 3 is 2.65 bits per heavy atom. The van der Waals surface area contributed by atoms with Crippen molar-refractivity contribution in [2.45, 2.75) is 17.7 Å². The van der Waals surface area contributed by atoms with E-state index in [4.69, 9.17) is 11.6 Å². The Morgan fingerprint density at radius 1 is 1.53 bits per heavy atom. The van der Waals surface area contributed by atoms with Gasteiger partial charge in [-0.3, -0.25) is 0 Å². The zero-order valence-electron chi connectivity index (χ0n) is 9.30. The number of rotatable bonds is 4. The molecule has 1 rings (SSSR count). The molecular weight excluding hydrogens is 270 g/mol. The lowest BCUT2D eigenvalue weighted by Crippen LogP contribution is -2.28. The van der Waals surface area contributed by atoms with Crippen LogP contribution < -0.4 is 0 Å². The van der Waals surface area contributed by atoms with Crippen LogP contribution in [-0.2, 0) is 15.5 Å². The van der Waals surface area contributed by atoms with Crippen molar-refractivity contribution in [2.75, 3.05) is 12.9 Å². The third kappa shape index (κ3) is 3.10. The molecule has 0 bridgehead atoms. The van der Waals surface area contributed by atoms with Gasteiger partial charge in [0.1, 0.15) is 0 Å². The van der Waals surface area contributed by atoms with Gasteiger partial charge in [0.2, 0.25) is 0 Å². The van der Waals surface area contributed by atoms with Gasteiger partial charge in [-0.15, -0.1) is 11.8 Å². The van der Waals surface area contributed by atoms with Gasteiger partial charge < -0.3 is 4.74 Å². The fourth-order valence-electron chi connectivity index (χ4n) is 1.20. The second kappa shape index (κ2) is 5.69. The molecule has 1 aromatic carbocycles. The number of carbonyl (C=O) groups excluding carboxylic acids is 1. The van der Waals surface area contributed by atoms with Gasteiger partial charge in [-0.2, -0.15) is 8.78 Å². The minimum atomic E-state index is -3.67.